The first-order valence-electron chi connectivity index (χ1n) is 9.48. The van der Waals surface area contributed by atoms with Gasteiger partial charge in [0.2, 0.25) is 0 Å². The van der Waals surface area contributed by atoms with Crippen molar-refractivity contribution in [1.82, 2.24) is 5.32 Å². The first kappa shape index (κ1) is 24.5. The van der Waals surface area contributed by atoms with Crippen LogP contribution in [0.2, 0.25) is 0 Å². The van der Waals surface area contributed by atoms with Gasteiger partial charge < -0.3 is 26.3 Å². The molecule has 1 unspecified atom stereocenters. The molecule has 0 amide bonds. The zero-order valence-corrected chi connectivity index (χ0v) is 18.6. The van der Waals surface area contributed by atoms with Gasteiger partial charge >= 0.3 is 5.97 Å². The van der Waals surface area contributed by atoms with Crippen LogP contribution in [-0.2, 0) is 22.5 Å². The highest BCUT2D eigenvalue weighted by Gasteiger charge is 2.14. The second-order valence-electron chi connectivity index (χ2n) is 6.04. The second kappa shape index (κ2) is 13.6. The number of hydrogen-bond acceptors (Lipinski definition) is 6. The molecule has 0 aromatic heterocycles. The first-order chi connectivity index (χ1) is 14.0. The molecule has 1 atom stereocenters. The summed E-state index contributed by atoms with van der Waals surface area (Å²) in [5, 5.41) is 4.13. The summed E-state index contributed by atoms with van der Waals surface area (Å²) in [5.41, 5.74) is 13.2. The molecule has 0 saturated heterocycles. The van der Waals surface area contributed by atoms with E-state index in [1.54, 1.807) is 7.11 Å². The molecule has 7 heteroatoms. The number of esters is 1. The molecule has 0 bridgehead atoms. The lowest BCUT2D eigenvalue weighted by molar-refractivity contribution is -0.139. The zero-order valence-electron chi connectivity index (χ0n) is 17.4. The van der Waals surface area contributed by atoms with Gasteiger partial charge in [0.1, 0.15) is 11.6 Å². The van der Waals surface area contributed by atoms with Crippen LogP contribution in [0, 0.1) is 0 Å². The zero-order chi connectivity index (χ0) is 21.6. The van der Waals surface area contributed by atoms with Crippen LogP contribution in [-0.4, -0.2) is 26.7 Å². The van der Waals surface area contributed by atoms with Crippen molar-refractivity contribution < 1.29 is 14.3 Å². The molecule has 0 aliphatic rings. The Balaban J connectivity index is 0.00000204. The third kappa shape index (κ3) is 8.14. The molecule has 0 heterocycles. The molecule has 2 aromatic rings. The molecule has 0 aliphatic heterocycles. The summed E-state index contributed by atoms with van der Waals surface area (Å²) in [6.07, 6.45) is 1.13. The number of nitrogens with one attached hydrogen (secondary N) is 1. The van der Waals surface area contributed by atoms with Crippen LogP contribution in [0.25, 0.3) is 0 Å². The topological polar surface area (TPSA) is 99.6 Å². The summed E-state index contributed by atoms with van der Waals surface area (Å²) in [4.78, 5) is 12.4. The quantitative estimate of drug-likeness (QED) is 0.329. The Bertz CT molecular complexity index is 795. The van der Waals surface area contributed by atoms with Gasteiger partial charge in [0.15, 0.2) is 0 Å². The highest BCUT2D eigenvalue weighted by atomic mass is 31.0. The van der Waals surface area contributed by atoms with Crippen molar-refractivity contribution in [3.05, 3.63) is 71.1 Å². The standard InChI is InChI=1S/C21H27N2O3P.CH5N/c1-3-18(20(22)23-14-15-7-5-4-6-8-15)21(24)26-12-11-16-9-10-17(25-2)13-19(16)27;1-2/h4-10,13,23H,3,11-12,14,22,27H2,1-2H3;2H2,1H3/b20-18+;. The van der Waals surface area contributed by atoms with Crippen molar-refractivity contribution in [2.45, 2.75) is 26.3 Å². The van der Waals surface area contributed by atoms with Crippen molar-refractivity contribution >= 4 is 20.5 Å². The fraction of sp³-hybridized carbons (Fsp3) is 0.318. The van der Waals surface area contributed by atoms with E-state index in [9.17, 15) is 4.79 Å². The van der Waals surface area contributed by atoms with Gasteiger partial charge in [-0.15, -0.1) is 9.24 Å². The van der Waals surface area contributed by atoms with Gasteiger partial charge in [-0.3, -0.25) is 0 Å². The normalized spacial score (nSPS) is 10.9. The van der Waals surface area contributed by atoms with Gasteiger partial charge in [-0.05, 0) is 42.0 Å². The number of ether oxygens (including phenoxy) is 2. The molecule has 0 saturated carbocycles. The van der Waals surface area contributed by atoms with Gasteiger partial charge in [0.25, 0.3) is 0 Å². The van der Waals surface area contributed by atoms with Crippen molar-refractivity contribution in [3.63, 3.8) is 0 Å². The second-order valence-corrected chi connectivity index (χ2v) is 6.66. The number of rotatable bonds is 9. The van der Waals surface area contributed by atoms with E-state index in [2.05, 4.69) is 20.3 Å². The Hall–Kier alpha value is -2.56. The Morgan fingerprint density at radius 2 is 1.83 bits per heavy atom. The van der Waals surface area contributed by atoms with Crippen LogP contribution in [0.1, 0.15) is 24.5 Å². The van der Waals surface area contributed by atoms with Crippen LogP contribution < -0.4 is 26.8 Å². The van der Waals surface area contributed by atoms with Crippen LogP contribution in [0.3, 0.4) is 0 Å². The SMILES string of the molecule is CC/C(C(=O)OCCc1ccc(OC)cc1P)=C(/N)NCc1ccccc1.CN. The summed E-state index contributed by atoms with van der Waals surface area (Å²) in [5.74, 6) is 0.783. The summed E-state index contributed by atoms with van der Waals surface area (Å²) < 4.78 is 10.6. The molecule has 5 N–H and O–H groups in total. The van der Waals surface area contributed by atoms with E-state index >= 15 is 0 Å². The number of hydrogen-bond donors (Lipinski definition) is 3. The van der Waals surface area contributed by atoms with Crippen LogP contribution in [0.4, 0.5) is 0 Å². The van der Waals surface area contributed by atoms with E-state index in [0.29, 0.717) is 37.4 Å². The van der Waals surface area contributed by atoms with Gasteiger partial charge in [-0.2, -0.15) is 0 Å². The molecule has 0 aliphatic carbocycles. The average molecular weight is 417 g/mol. The molecular weight excluding hydrogens is 385 g/mol. The van der Waals surface area contributed by atoms with E-state index in [4.69, 9.17) is 15.2 Å². The molecule has 2 aromatic carbocycles. The number of benzene rings is 2. The third-order valence-corrected chi connectivity index (χ3v) is 4.75. The van der Waals surface area contributed by atoms with Gasteiger partial charge in [0, 0.05) is 13.0 Å². The van der Waals surface area contributed by atoms with E-state index in [1.165, 1.54) is 7.05 Å². The number of methoxy groups -OCH3 is 1. The minimum Gasteiger partial charge on any atom is -0.497 e. The van der Waals surface area contributed by atoms with Crippen molar-refractivity contribution in [2.75, 3.05) is 20.8 Å². The predicted octanol–water partition coefficient (Wildman–Crippen LogP) is 2.23. The first-order valence-corrected chi connectivity index (χ1v) is 10.1. The van der Waals surface area contributed by atoms with E-state index < -0.39 is 0 Å². The van der Waals surface area contributed by atoms with Gasteiger partial charge in [-0.25, -0.2) is 4.79 Å². The number of nitrogens with two attached hydrogens (primary N) is 2. The fourth-order valence-electron chi connectivity index (χ4n) is 2.61. The van der Waals surface area contributed by atoms with E-state index in [-0.39, 0.29) is 5.97 Å². The third-order valence-electron chi connectivity index (χ3n) is 4.21. The Morgan fingerprint density at radius 1 is 1.14 bits per heavy atom. The maximum absolute atomic E-state index is 12.4. The fourth-order valence-corrected chi connectivity index (χ4v) is 3.02. The molecule has 2 rings (SSSR count). The molecule has 0 radical (unpaired) electrons. The summed E-state index contributed by atoms with van der Waals surface area (Å²) in [6, 6.07) is 15.7. The predicted molar refractivity (Wildman–Crippen MR) is 122 cm³/mol. The molecular formula is C22H32N3O3P. The number of carbonyl (C=O) groups is 1. The summed E-state index contributed by atoms with van der Waals surface area (Å²) in [7, 11) is 5.81. The number of carbonyl (C=O) groups excluding carboxylic acids is 1. The van der Waals surface area contributed by atoms with Crippen molar-refractivity contribution in [1.29, 1.82) is 0 Å². The van der Waals surface area contributed by atoms with Crippen LogP contribution in [0.5, 0.6) is 5.75 Å². The Labute approximate surface area is 175 Å². The Morgan fingerprint density at radius 3 is 2.41 bits per heavy atom. The van der Waals surface area contributed by atoms with E-state index in [0.717, 1.165) is 22.2 Å². The van der Waals surface area contributed by atoms with E-state index in [1.807, 2.05) is 55.5 Å². The molecule has 0 spiro atoms. The van der Waals surface area contributed by atoms with Gasteiger partial charge in [0.05, 0.1) is 19.3 Å². The summed E-state index contributed by atoms with van der Waals surface area (Å²) in [6.45, 7) is 2.74. The maximum atomic E-state index is 12.4. The van der Waals surface area contributed by atoms with Crippen LogP contribution in [0.15, 0.2) is 59.9 Å². The monoisotopic (exact) mass is 417 g/mol. The largest absolute Gasteiger partial charge is 0.497 e. The molecule has 158 valence electrons. The lowest BCUT2D eigenvalue weighted by atomic mass is 10.1. The minimum absolute atomic E-state index is 0.294. The smallest absolute Gasteiger partial charge is 0.337 e. The Kier molecular flexibility index (Phi) is 11.5. The molecule has 6 nitrogen and oxygen atoms in total. The highest BCUT2D eigenvalue weighted by Crippen LogP contribution is 2.13. The van der Waals surface area contributed by atoms with Crippen LogP contribution >= 0.6 is 9.24 Å². The minimum atomic E-state index is -0.380. The lowest BCUT2D eigenvalue weighted by Crippen LogP contribution is -2.25. The molecule has 29 heavy (non-hydrogen) atoms. The van der Waals surface area contributed by atoms with Crippen molar-refractivity contribution in [2.24, 2.45) is 11.5 Å². The van der Waals surface area contributed by atoms with Gasteiger partial charge in [-0.1, -0.05) is 43.3 Å². The lowest BCUT2D eigenvalue weighted by Gasteiger charge is -2.13. The van der Waals surface area contributed by atoms with Crippen molar-refractivity contribution in [3.8, 4) is 5.75 Å². The molecule has 0 fully saturated rings. The maximum Gasteiger partial charge on any atom is 0.337 e. The highest BCUT2D eigenvalue weighted by molar-refractivity contribution is 7.27. The summed E-state index contributed by atoms with van der Waals surface area (Å²) >= 11 is 0. The average Bonchev–Trinajstić information content (AvgIpc) is 2.76.